The summed E-state index contributed by atoms with van der Waals surface area (Å²) >= 11 is 0. The number of benzene rings is 2. The number of nitrogens with zero attached hydrogens (tertiary/aromatic N) is 2. The Morgan fingerprint density at radius 1 is 0.750 bits per heavy atom. The highest BCUT2D eigenvalue weighted by atomic mass is 16.7. The van der Waals surface area contributed by atoms with Crippen LogP contribution >= 0.6 is 0 Å². The summed E-state index contributed by atoms with van der Waals surface area (Å²) in [5, 5.41) is 0.558. The zero-order valence-electron chi connectivity index (χ0n) is 17.9. The maximum absolute atomic E-state index is 13.2. The lowest BCUT2D eigenvalue weighted by molar-refractivity contribution is -0.197. The summed E-state index contributed by atoms with van der Waals surface area (Å²) in [5.74, 6) is -1.61. The smallest absolute Gasteiger partial charge is 0.330 e. The molecule has 166 valence electrons. The van der Waals surface area contributed by atoms with Crippen LogP contribution < -0.4 is 4.90 Å². The van der Waals surface area contributed by atoms with Crippen molar-refractivity contribution in [2.45, 2.75) is 57.9 Å². The first-order chi connectivity index (χ1) is 15.5. The molecule has 0 radical (unpaired) electrons. The highest BCUT2D eigenvalue weighted by Gasteiger charge is 2.32. The molecule has 2 heterocycles. The molecule has 2 aromatic carbocycles. The van der Waals surface area contributed by atoms with Crippen molar-refractivity contribution in [3.05, 3.63) is 65.2 Å². The fraction of sp³-hybridized carbons (Fsp3) is 0.360. The third-order valence-corrected chi connectivity index (χ3v) is 5.91. The van der Waals surface area contributed by atoms with Crippen molar-refractivity contribution in [1.29, 1.82) is 0 Å². The number of carbonyl (C=O) groups is 4. The highest BCUT2D eigenvalue weighted by molar-refractivity contribution is 6.01. The van der Waals surface area contributed by atoms with E-state index in [0.717, 1.165) is 29.7 Å². The number of fused-ring (bicyclic) bond motifs is 2. The number of hydrogen-bond acceptors (Lipinski definition) is 5. The molecule has 0 aromatic heterocycles. The van der Waals surface area contributed by atoms with Crippen molar-refractivity contribution in [2.24, 2.45) is 0 Å². The van der Waals surface area contributed by atoms with Gasteiger partial charge in [-0.15, -0.1) is 5.06 Å². The Morgan fingerprint density at radius 2 is 1.34 bits per heavy atom. The predicted octanol–water partition coefficient (Wildman–Crippen LogP) is 3.49. The van der Waals surface area contributed by atoms with E-state index < -0.39 is 17.8 Å². The molecule has 7 nitrogen and oxygen atoms in total. The van der Waals surface area contributed by atoms with Gasteiger partial charge in [0.25, 0.3) is 11.8 Å². The maximum Gasteiger partial charge on any atom is 0.333 e. The first-order valence-electron chi connectivity index (χ1n) is 11.0. The van der Waals surface area contributed by atoms with Gasteiger partial charge in [0.1, 0.15) is 0 Å². The average molecular weight is 434 g/mol. The van der Waals surface area contributed by atoms with E-state index in [9.17, 15) is 19.2 Å². The first kappa shape index (κ1) is 21.7. The van der Waals surface area contributed by atoms with Crippen LogP contribution in [0, 0.1) is 0 Å². The molecule has 32 heavy (non-hydrogen) atoms. The Hall–Kier alpha value is -3.48. The first-order valence-corrected chi connectivity index (χ1v) is 11.0. The fourth-order valence-corrected chi connectivity index (χ4v) is 4.17. The van der Waals surface area contributed by atoms with Crippen molar-refractivity contribution in [2.75, 3.05) is 4.90 Å². The average Bonchev–Trinajstić information content (AvgIpc) is 3.10. The van der Waals surface area contributed by atoms with Crippen LogP contribution in [0.25, 0.3) is 0 Å². The van der Waals surface area contributed by atoms with Crippen molar-refractivity contribution in [3.63, 3.8) is 0 Å². The number of anilines is 1. The van der Waals surface area contributed by atoms with Crippen LogP contribution in [-0.2, 0) is 43.4 Å². The van der Waals surface area contributed by atoms with Crippen molar-refractivity contribution >= 4 is 29.4 Å². The van der Waals surface area contributed by atoms with Crippen LogP contribution in [0.1, 0.15) is 55.2 Å². The molecule has 0 N–H and O–H groups in total. The van der Waals surface area contributed by atoms with Crippen LogP contribution in [0.15, 0.2) is 48.5 Å². The van der Waals surface area contributed by atoms with Gasteiger partial charge in [0.15, 0.2) is 0 Å². The van der Waals surface area contributed by atoms with Gasteiger partial charge >= 0.3 is 5.97 Å². The molecule has 0 unspecified atom stereocenters. The molecule has 1 saturated heterocycles. The molecule has 1 fully saturated rings. The van der Waals surface area contributed by atoms with Gasteiger partial charge in [-0.2, -0.15) is 0 Å². The van der Waals surface area contributed by atoms with Crippen LogP contribution in [-0.4, -0.2) is 28.8 Å². The number of imide groups is 1. The quantitative estimate of drug-likeness (QED) is 0.513. The molecule has 0 bridgehead atoms. The van der Waals surface area contributed by atoms with E-state index in [1.54, 1.807) is 0 Å². The summed E-state index contributed by atoms with van der Waals surface area (Å²) in [7, 11) is 0. The van der Waals surface area contributed by atoms with E-state index in [4.69, 9.17) is 4.84 Å². The molecule has 4 rings (SSSR count). The minimum absolute atomic E-state index is 0.00687. The summed E-state index contributed by atoms with van der Waals surface area (Å²) in [6.45, 7) is 0.521. The summed E-state index contributed by atoms with van der Waals surface area (Å²) in [6.07, 6.45) is 3.25. The Bertz CT molecular complexity index is 1030. The van der Waals surface area contributed by atoms with Gasteiger partial charge in [0, 0.05) is 31.4 Å². The van der Waals surface area contributed by atoms with E-state index in [2.05, 4.69) is 18.2 Å². The topological polar surface area (TPSA) is 84.0 Å². The molecule has 0 spiro atoms. The van der Waals surface area contributed by atoms with E-state index in [0.29, 0.717) is 30.9 Å². The molecule has 7 heteroatoms. The Labute approximate surface area is 186 Å². The van der Waals surface area contributed by atoms with Gasteiger partial charge in [0.05, 0.1) is 6.54 Å². The number of hydroxylamine groups is 2. The van der Waals surface area contributed by atoms with Crippen molar-refractivity contribution < 1.29 is 24.0 Å². The number of carbonyl (C=O) groups excluding carboxylic acids is 4. The van der Waals surface area contributed by atoms with Gasteiger partial charge in [-0.25, -0.2) is 4.79 Å². The fourth-order valence-electron chi connectivity index (χ4n) is 4.17. The number of amides is 3. The van der Waals surface area contributed by atoms with Gasteiger partial charge < -0.3 is 9.74 Å². The summed E-state index contributed by atoms with van der Waals surface area (Å²) < 4.78 is 0. The van der Waals surface area contributed by atoms with Crippen LogP contribution in [0.5, 0.6) is 0 Å². The van der Waals surface area contributed by atoms with Crippen molar-refractivity contribution in [3.8, 4) is 0 Å². The van der Waals surface area contributed by atoms with Gasteiger partial charge in [-0.05, 0) is 48.4 Å². The number of para-hydroxylation sites is 1. The standard InChI is InChI=1S/C25H26N2O5/c28-22(11-5-6-12-25(31)32-27-23(29)15-16-24(27)30)26-17-20-9-2-1-7-18(20)13-14-19-8-3-4-10-21(19)26/h1-4,7-10H,5-6,11-17H2. The SMILES string of the molecule is O=C(CCCCC(=O)N1Cc2ccccc2CCc2ccccc21)ON1C(=O)CCC1=O. The van der Waals surface area contributed by atoms with E-state index in [1.807, 2.05) is 35.2 Å². The number of hydrogen-bond donors (Lipinski definition) is 0. The molecule has 2 aromatic rings. The summed E-state index contributed by atoms with van der Waals surface area (Å²) in [6, 6.07) is 16.2. The summed E-state index contributed by atoms with van der Waals surface area (Å²) in [5.41, 5.74) is 4.50. The van der Waals surface area contributed by atoms with Crippen LogP contribution in [0.2, 0.25) is 0 Å². The Balaban J connectivity index is 1.35. The van der Waals surface area contributed by atoms with Crippen LogP contribution in [0.4, 0.5) is 5.69 Å². The second-order valence-corrected chi connectivity index (χ2v) is 8.13. The number of aryl methyl sites for hydroxylation is 2. The lowest BCUT2D eigenvalue weighted by Crippen LogP contribution is -2.33. The third kappa shape index (κ3) is 4.88. The molecule has 2 aliphatic rings. The van der Waals surface area contributed by atoms with Crippen LogP contribution in [0.3, 0.4) is 0 Å². The lowest BCUT2D eigenvalue weighted by atomic mass is 9.95. The van der Waals surface area contributed by atoms with E-state index in [-0.39, 0.29) is 25.2 Å². The lowest BCUT2D eigenvalue weighted by Gasteiger charge is -2.29. The largest absolute Gasteiger partial charge is 0.333 e. The maximum atomic E-state index is 13.2. The minimum atomic E-state index is -0.633. The monoisotopic (exact) mass is 434 g/mol. The molecule has 0 aliphatic carbocycles. The van der Waals surface area contributed by atoms with Gasteiger partial charge in [0.2, 0.25) is 5.91 Å². The number of unbranched alkanes of at least 4 members (excludes halogenated alkanes) is 1. The molecule has 2 aliphatic heterocycles. The molecule has 0 atom stereocenters. The summed E-state index contributed by atoms with van der Waals surface area (Å²) in [4.78, 5) is 54.9. The highest BCUT2D eigenvalue weighted by Crippen LogP contribution is 2.29. The third-order valence-electron chi connectivity index (χ3n) is 5.91. The second kappa shape index (κ2) is 9.77. The Kier molecular flexibility index (Phi) is 6.63. The van der Waals surface area contributed by atoms with E-state index >= 15 is 0 Å². The molecule has 3 amide bonds. The normalized spacial score (nSPS) is 15.6. The van der Waals surface area contributed by atoms with E-state index in [1.165, 1.54) is 5.56 Å². The molecule has 0 saturated carbocycles. The molecular formula is C25H26N2O5. The predicted molar refractivity (Wildman–Crippen MR) is 117 cm³/mol. The minimum Gasteiger partial charge on any atom is -0.330 e. The van der Waals surface area contributed by atoms with Gasteiger partial charge in [-0.3, -0.25) is 14.4 Å². The van der Waals surface area contributed by atoms with Gasteiger partial charge in [-0.1, -0.05) is 42.5 Å². The zero-order chi connectivity index (χ0) is 22.5. The Morgan fingerprint density at radius 3 is 2.09 bits per heavy atom. The number of rotatable bonds is 6. The zero-order valence-corrected chi connectivity index (χ0v) is 17.9. The van der Waals surface area contributed by atoms with Crippen molar-refractivity contribution in [1.82, 2.24) is 5.06 Å². The molecular weight excluding hydrogens is 408 g/mol. The second-order valence-electron chi connectivity index (χ2n) is 8.13.